The van der Waals surface area contributed by atoms with E-state index < -0.39 is 0 Å². The van der Waals surface area contributed by atoms with Gasteiger partial charge in [0.2, 0.25) is 17.7 Å². The van der Waals surface area contributed by atoms with Crippen LogP contribution in [0.4, 0.5) is 5.95 Å². The summed E-state index contributed by atoms with van der Waals surface area (Å²) in [5.41, 5.74) is 3.32. The number of piperidine rings is 1. The lowest BCUT2D eigenvalue weighted by atomic mass is 10.1. The zero-order valence-electron chi connectivity index (χ0n) is 16.1. The van der Waals surface area contributed by atoms with E-state index in [4.69, 9.17) is 4.74 Å². The van der Waals surface area contributed by atoms with E-state index in [0.29, 0.717) is 30.4 Å². The molecular weight excluding hydrogens is 372 g/mol. The van der Waals surface area contributed by atoms with Crippen molar-refractivity contribution in [3.8, 4) is 17.0 Å². The summed E-state index contributed by atoms with van der Waals surface area (Å²) in [5.74, 6) is 1.12. The van der Waals surface area contributed by atoms with Gasteiger partial charge in [-0.25, -0.2) is 9.50 Å². The lowest BCUT2D eigenvalue weighted by Crippen LogP contribution is -2.43. The van der Waals surface area contributed by atoms with E-state index in [1.165, 1.54) is 6.33 Å². The highest BCUT2D eigenvalue weighted by Crippen LogP contribution is 2.34. The molecule has 1 saturated heterocycles. The minimum absolute atomic E-state index is 0.102. The number of nitrogens with one attached hydrogen (secondary N) is 2. The number of anilines is 1. The Morgan fingerprint density at radius 1 is 1.34 bits per heavy atom. The number of nitrogens with zero attached hydrogens (tertiary/aromatic N) is 6. The van der Waals surface area contributed by atoms with E-state index in [2.05, 4.69) is 30.4 Å². The van der Waals surface area contributed by atoms with Gasteiger partial charge in [0.1, 0.15) is 12.0 Å². The van der Waals surface area contributed by atoms with Crippen LogP contribution in [0.25, 0.3) is 27.8 Å². The van der Waals surface area contributed by atoms with Crippen molar-refractivity contribution in [1.82, 2.24) is 34.4 Å². The number of rotatable bonds is 4. The first kappa shape index (κ1) is 17.4. The maximum absolute atomic E-state index is 11.7. The van der Waals surface area contributed by atoms with Gasteiger partial charge in [0.25, 0.3) is 0 Å². The molecule has 1 aliphatic rings. The third kappa shape index (κ3) is 3.02. The van der Waals surface area contributed by atoms with Gasteiger partial charge in [-0.05, 0) is 24.1 Å². The monoisotopic (exact) mass is 392 g/mol. The highest BCUT2D eigenvalue weighted by molar-refractivity contribution is 5.98. The van der Waals surface area contributed by atoms with Crippen molar-refractivity contribution in [3.63, 3.8) is 0 Å². The highest BCUT2D eigenvalue weighted by Gasteiger charge is 2.24. The summed E-state index contributed by atoms with van der Waals surface area (Å²) in [6, 6.07) is 4.02. The first-order chi connectivity index (χ1) is 14.1. The predicted molar refractivity (Wildman–Crippen MR) is 107 cm³/mol. The summed E-state index contributed by atoms with van der Waals surface area (Å²) in [5, 5.41) is 8.26. The fourth-order valence-electron chi connectivity index (χ4n) is 3.74. The molecule has 5 heterocycles. The van der Waals surface area contributed by atoms with Gasteiger partial charge in [0, 0.05) is 44.0 Å². The van der Waals surface area contributed by atoms with Gasteiger partial charge in [-0.1, -0.05) is 0 Å². The maximum atomic E-state index is 11.7. The van der Waals surface area contributed by atoms with E-state index in [1.54, 1.807) is 16.5 Å². The number of methoxy groups -OCH3 is 1. The normalized spacial score (nSPS) is 17.2. The molecule has 10 heteroatoms. The summed E-state index contributed by atoms with van der Waals surface area (Å²) >= 11 is 0. The SMILES string of the molecule is COc1nc(N[C@H]2CCC(=O)N(C)C2)nc2[nH]cc(-c3ccn4ncnc4c3)c12. The van der Waals surface area contributed by atoms with Crippen molar-refractivity contribution < 1.29 is 9.53 Å². The van der Waals surface area contributed by atoms with E-state index >= 15 is 0 Å². The fraction of sp³-hybridized carbons (Fsp3) is 0.316. The van der Waals surface area contributed by atoms with Gasteiger partial charge in [0.15, 0.2) is 5.65 Å². The Balaban J connectivity index is 1.51. The number of amides is 1. The molecule has 5 rings (SSSR count). The molecule has 4 aromatic heterocycles. The van der Waals surface area contributed by atoms with E-state index in [1.807, 2.05) is 31.6 Å². The lowest BCUT2D eigenvalue weighted by Gasteiger charge is -2.30. The Morgan fingerprint density at radius 2 is 2.24 bits per heavy atom. The largest absolute Gasteiger partial charge is 0.480 e. The van der Waals surface area contributed by atoms with Crippen LogP contribution in [0.15, 0.2) is 30.9 Å². The number of aromatic amines is 1. The molecule has 0 radical (unpaired) electrons. The molecule has 0 aliphatic carbocycles. The van der Waals surface area contributed by atoms with Crippen molar-refractivity contribution in [2.45, 2.75) is 18.9 Å². The number of carbonyl (C=O) groups excluding carboxylic acids is 1. The first-order valence-corrected chi connectivity index (χ1v) is 9.36. The maximum Gasteiger partial charge on any atom is 0.228 e. The average molecular weight is 392 g/mol. The quantitative estimate of drug-likeness (QED) is 0.543. The molecule has 0 spiro atoms. The summed E-state index contributed by atoms with van der Waals surface area (Å²) in [6.07, 6.45) is 6.54. The molecular formula is C19H20N8O2. The first-order valence-electron chi connectivity index (χ1n) is 9.36. The van der Waals surface area contributed by atoms with Crippen molar-refractivity contribution in [1.29, 1.82) is 0 Å². The Bertz CT molecular complexity index is 1210. The van der Waals surface area contributed by atoms with Gasteiger partial charge in [0.05, 0.1) is 12.5 Å². The second kappa shape index (κ2) is 6.73. The molecule has 148 valence electrons. The van der Waals surface area contributed by atoms with Crippen LogP contribution in [0, 0.1) is 0 Å². The number of ether oxygens (including phenoxy) is 1. The predicted octanol–water partition coefficient (Wildman–Crippen LogP) is 1.71. The van der Waals surface area contributed by atoms with Crippen molar-refractivity contribution in [2.24, 2.45) is 0 Å². The number of carbonyl (C=O) groups is 1. The number of fused-ring (bicyclic) bond motifs is 2. The highest BCUT2D eigenvalue weighted by atomic mass is 16.5. The summed E-state index contributed by atoms with van der Waals surface area (Å²) in [6.45, 7) is 0.622. The van der Waals surface area contributed by atoms with Crippen LogP contribution in [-0.4, -0.2) is 67.1 Å². The molecule has 10 nitrogen and oxygen atoms in total. The third-order valence-electron chi connectivity index (χ3n) is 5.24. The molecule has 0 aromatic carbocycles. The van der Waals surface area contributed by atoms with Crippen LogP contribution in [0.3, 0.4) is 0 Å². The lowest BCUT2D eigenvalue weighted by molar-refractivity contribution is -0.132. The second-order valence-corrected chi connectivity index (χ2v) is 7.11. The topological polar surface area (TPSA) is 113 Å². The van der Waals surface area contributed by atoms with Crippen LogP contribution in [0.2, 0.25) is 0 Å². The molecule has 1 aliphatic heterocycles. The summed E-state index contributed by atoms with van der Waals surface area (Å²) in [4.78, 5) is 30.1. The number of hydrogen-bond donors (Lipinski definition) is 2. The van der Waals surface area contributed by atoms with E-state index in [9.17, 15) is 4.79 Å². The van der Waals surface area contributed by atoms with Gasteiger partial charge in [-0.2, -0.15) is 15.1 Å². The smallest absolute Gasteiger partial charge is 0.228 e. The minimum atomic E-state index is 0.102. The van der Waals surface area contributed by atoms with Crippen LogP contribution >= 0.6 is 0 Å². The van der Waals surface area contributed by atoms with Crippen LogP contribution in [0.5, 0.6) is 5.88 Å². The van der Waals surface area contributed by atoms with Crippen LogP contribution < -0.4 is 10.1 Å². The van der Waals surface area contributed by atoms with Crippen molar-refractivity contribution >= 4 is 28.5 Å². The second-order valence-electron chi connectivity index (χ2n) is 7.11. The van der Waals surface area contributed by atoms with Gasteiger partial charge < -0.3 is 19.9 Å². The van der Waals surface area contributed by atoms with Gasteiger partial charge in [-0.15, -0.1) is 0 Å². The third-order valence-corrected chi connectivity index (χ3v) is 5.24. The molecule has 1 amide bonds. The molecule has 1 atom stereocenters. The Kier molecular flexibility index (Phi) is 4.04. The zero-order valence-corrected chi connectivity index (χ0v) is 16.1. The molecule has 2 N–H and O–H groups in total. The Labute approximate surface area is 165 Å². The summed E-state index contributed by atoms with van der Waals surface area (Å²) < 4.78 is 7.29. The number of likely N-dealkylation sites (tertiary alicyclic amines) is 1. The molecule has 0 unspecified atom stereocenters. The molecule has 0 saturated carbocycles. The molecule has 0 bridgehead atoms. The summed E-state index contributed by atoms with van der Waals surface area (Å²) in [7, 11) is 3.40. The number of hydrogen-bond acceptors (Lipinski definition) is 7. The minimum Gasteiger partial charge on any atom is -0.480 e. The molecule has 29 heavy (non-hydrogen) atoms. The standard InChI is InChI=1S/C19H20N8O2/c1-26-9-12(3-4-15(26)28)23-19-24-17-16(18(25-19)29-2)13(8-20-17)11-5-6-27-14(7-11)21-10-22-27/h5-8,10,12H,3-4,9H2,1-2H3,(H2,20,23,24,25)/t12-/m0/s1. The number of aromatic nitrogens is 6. The van der Waals surface area contributed by atoms with Crippen molar-refractivity contribution in [2.75, 3.05) is 26.0 Å². The van der Waals surface area contributed by atoms with Crippen LogP contribution in [-0.2, 0) is 4.79 Å². The number of likely N-dealkylation sites (N-methyl/N-ethyl adjacent to an activating group) is 1. The van der Waals surface area contributed by atoms with Crippen molar-refractivity contribution in [3.05, 3.63) is 30.9 Å². The Morgan fingerprint density at radius 3 is 3.07 bits per heavy atom. The van der Waals surface area contributed by atoms with E-state index in [0.717, 1.165) is 28.6 Å². The number of pyridine rings is 1. The average Bonchev–Trinajstić information content (AvgIpc) is 3.36. The van der Waals surface area contributed by atoms with Gasteiger partial charge >= 0.3 is 0 Å². The molecule has 4 aromatic rings. The zero-order chi connectivity index (χ0) is 20.0. The van der Waals surface area contributed by atoms with Gasteiger partial charge in [-0.3, -0.25) is 4.79 Å². The van der Waals surface area contributed by atoms with Crippen LogP contribution in [0.1, 0.15) is 12.8 Å². The fourth-order valence-corrected chi connectivity index (χ4v) is 3.74. The molecule has 1 fully saturated rings. The number of H-pyrrole nitrogens is 1. The van der Waals surface area contributed by atoms with E-state index in [-0.39, 0.29) is 11.9 Å². The Hall–Kier alpha value is -3.69.